The molecule has 0 radical (unpaired) electrons. The minimum atomic E-state index is -0.694. The second-order valence-electron chi connectivity index (χ2n) is 3.22. The summed E-state index contributed by atoms with van der Waals surface area (Å²) >= 11 is 3.34. The SMILES string of the molecule is CCC(O)c1noc(-c2ncccc2Br)n1. The first-order valence-electron chi connectivity index (χ1n) is 4.85. The lowest BCUT2D eigenvalue weighted by Crippen LogP contribution is -1.97. The van der Waals surface area contributed by atoms with Gasteiger partial charge in [0.15, 0.2) is 0 Å². The molecule has 0 aliphatic rings. The van der Waals surface area contributed by atoms with Crippen LogP contribution < -0.4 is 0 Å². The summed E-state index contributed by atoms with van der Waals surface area (Å²) in [5.74, 6) is 0.588. The van der Waals surface area contributed by atoms with Gasteiger partial charge in [-0.15, -0.1) is 0 Å². The lowest BCUT2D eigenvalue weighted by atomic mass is 10.3. The maximum atomic E-state index is 9.54. The Kier molecular flexibility index (Phi) is 3.31. The van der Waals surface area contributed by atoms with Gasteiger partial charge < -0.3 is 9.63 Å². The van der Waals surface area contributed by atoms with Gasteiger partial charge in [-0.25, -0.2) is 4.98 Å². The first-order valence-corrected chi connectivity index (χ1v) is 5.64. The van der Waals surface area contributed by atoms with E-state index < -0.39 is 6.10 Å². The molecule has 0 saturated carbocycles. The van der Waals surface area contributed by atoms with Crippen LogP contribution in [0, 0.1) is 0 Å². The van der Waals surface area contributed by atoms with Gasteiger partial charge in [0.05, 0.1) is 0 Å². The zero-order valence-electron chi connectivity index (χ0n) is 8.59. The van der Waals surface area contributed by atoms with Crippen LogP contribution in [0.5, 0.6) is 0 Å². The predicted molar refractivity (Wildman–Crippen MR) is 60.5 cm³/mol. The third-order valence-corrected chi connectivity index (χ3v) is 2.73. The third-order valence-electron chi connectivity index (χ3n) is 2.09. The number of pyridine rings is 1. The fraction of sp³-hybridized carbons (Fsp3) is 0.300. The van der Waals surface area contributed by atoms with E-state index in [1.807, 2.05) is 13.0 Å². The van der Waals surface area contributed by atoms with Crippen LogP contribution in [0.15, 0.2) is 27.3 Å². The highest BCUT2D eigenvalue weighted by atomic mass is 79.9. The average molecular weight is 284 g/mol. The van der Waals surface area contributed by atoms with Gasteiger partial charge in [0.25, 0.3) is 5.89 Å². The lowest BCUT2D eigenvalue weighted by Gasteiger charge is -1.98. The molecule has 6 heteroatoms. The van der Waals surface area contributed by atoms with Crippen LogP contribution >= 0.6 is 15.9 Å². The Morgan fingerprint density at radius 2 is 2.38 bits per heavy atom. The molecule has 5 nitrogen and oxygen atoms in total. The van der Waals surface area contributed by atoms with Crippen LogP contribution in [0.3, 0.4) is 0 Å². The minimum Gasteiger partial charge on any atom is -0.385 e. The van der Waals surface area contributed by atoms with Crippen molar-refractivity contribution in [3.63, 3.8) is 0 Å². The van der Waals surface area contributed by atoms with Crippen LogP contribution in [0.1, 0.15) is 25.3 Å². The Hall–Kier alpha value is -1.27. The number of halogens is 1. The molecule has 2 aromatic rings. The highest BCUT2D eigenvalue weighted by Crippen LogP contribution is 2.25. The van der Waals surface area contributed by atoms with Crippen molar-refractivity contribution in [2.45, 2.75) is 19.4 Å². The number of nitrogens with zero attached hydrogens (tertiary/aromatic N) is 3. The molecular formula is C10H10BrN3O2. The maximum absolute atomic E-state index is 9.54. The molecule has 0 aliphatic heterocycles. The van der Waals surface area contributed by atoms with E-state index in [4.69, 9.17) is 4.52 Å². The molecule has 0 bridgehead atoms. The van der Waals surface area contributed by atoms with E-state index in [2.05, 4.69) is 31.1 Å². The van der Waals surface area contributed by atoms with Gasteiger partial charge >= 0.3 is 0 Å². The first-order chi connectivity index (χ1) is 7.72. The molecule has 0 fully saturated rings. The molecule has 1 unspecified atom stereocenters. The van der Waals surface area contributed by atoms with Crippen molar-refractivity contribution < 1.29 is 9.63 Å². The first kappa shape index (κ1) is 11.2. The van der Waals surface area contributed by atoms with E-state index in [-0.39, 0.29) is 5.82 Å². The van der Waals surface area contributed by atoms with Crippen LogP contribution in [-0.4, -0.2) is 20.2 Å². The second kappa shape index (κ2) is 4.71. The molecule has 0 saturated heterocycles. The van der Waals surface area contributed by atoms with Gasteiger partial charge in [-0.1, -0.05) is 12.1 Å². The Bertz CT molecular complexity index is 486. The van der Waals surface area contributed by atoms with E-state index in [1.165, 1.54) is 0 Å². The summed E-state index contributed by atoms with van der Waals surface area (Å²) in [5, 5.41) is 13.2. The molecule has 84 valence electrons. The number of aliphatic hydroxyl groups is 1. The van der Waals surface area contributed by atoms with Crippen LogP contribution in [0.4, 0.5) is 0 Å². The van der Waals surface area contributed by atoms with E-state index >= 15 is 0 Å². The molecule has 0 spiro atoms. The fourth-order valence-corrected chi connectivity index (χ4v) is 1.62. The monoisotopic (exact) mass is 283 g/mol. The summed E-state index contributed by atoms with van der Waals surface area (Å²) < 4.78 is 5.82. The highest BCUT2D eigenvalue weighted by Gasteiger charge is 2.16. The van der Waals surface area contributed by atoms with E-state index in [1.54, 1.807) is 12.3 Å². The molecule has 1 atom stereocenters. The van der Waals surface area contributed by atoms with Crippen molar-refractivity contribution in [2.75, 3.05) is 0 Å². The molecule has 0 amide bonds. The molecule has 0 aliphatic carbocycles. The van der Waals surface area contributed by atoms with Gasteiger partial charge in [0, 0.05) is 10.7 Å². The molecule has 16 heavy (non-hydrogen) atoms. The summed E-state index contributed by atoms with van der Waals surface area (Å²) in [6, 6.07) is 3.63. The number of rotatable bonds is 3. The number of hydrogen-bond acceptors (Lipinski definition) is 5. The van der Waals surface area contributed by atoms with E-state index in [0.717, 1.165) is 4.47 Å². The van der Waals surface area contributed by atoms with Crippen LogP contribution in [0.25, 0.3) is 11.6 Å². The van der Waals surface area contributed by atoms with Gasteiger partial charge in [0.1, 0.15) is 11.8 Å². The smallest absolute Gasteiger partial charge is 0.277 e. The topological polar surface area (TPSA) is 72.0 Å². The largest absolute Gasteiger partial charge is 0.385 e. The molecule has 1 N–H and O–H groups in total. The Morgan fingerprint density at radius 1 is 1.56 bits per heavy atom. The zero-order chi connectivity index (χ0) is 11.5. The maximum Gasteiger partial charge on any atom is 0.277 e. The quantitative estimate of drug-likeness (QED) is 0.936. The van der Waals surface area contributed by atoms with Crippen molar-refractivity contribution in [3.8, 4) is 11.6 Å². The zero-order valence-corrected chi connectivity index (χ0v) is 10.2. The summed E-state index contributed by atoms with van der Waals surface area (Å²) in [7, 11) is 0. The average Bonchev–Trinajstić information content (AvgIpc) is 2.78. The Balaban J connectivity index is 2.35. The van der Waals surface area contributed by atoms with Gasteiger partial charge in [0.2, 0.25) is 5.82 Å². The summed E-state index contributed by atoms with van der Waals surface area (Å²) in [5.41, 5.74) is 0.574. The van der Waals surface area contributed by atoms with E-state index in [9.17, 15) is 5.11 Å². The minimum absolute atomic E-state index is 0.287. The van der Waals surface area contributed by atoms with Crippen molar-refractivity contribution in [1.82, 2.24) is 15.1 Å². The second-order valence-corrected chi connectivity index (χ2v) is 4.07. The molecule has 2 heterocycles. The summed E-state index contributed by atoms with van der Waals surface area (Å²) in [4.78, 5) is 8.21. The van der Waals surface area contributed by atoms with Gasteiger partial charge in [-0.05, 0) is 34.5 Å². The number of aromatic nitrogens is 3. The molecule has 2 rings (SSSR count). The van der Waals surface area contributed by atoms with Crippen molar-refractivity contribution >= 4 is 15.9 Å². The normalized spacial score (nSPS) is 12.7. The summed E-state index contributed by atoms with van der Waals surface area (Å²) in [6.45, 7) is 1.84. The van der Waals surface area contributed by atoms with Gasteiger partial charge in [-0.3, -0.25) is 0 Å². The molecule has 0 aromatic carbocycles. The number of aliphatic hydroxyl groups excluding tert-OH is 1. The van der Waals surface area contributed by atoms with Crippen LogP contribution in [-0.2, 0) is 0 Å². The Labute approximate surface area is 101 Å². The van der Waals surface area contributed by atoms with Crippen molar-refractivity contribution in [3.05, 3.63) is 28.6 Å². The van der Waals surface area contributed by atoms with Crippen LogP contribution in [0.2, 0.25) is 0 Å². The summed E-state index contributed by atoms with van der Waals surface area (Å²) in [6.07, 6.45) is 1.49. The highest BCUT2D eigenvalue weighted by molar-refractivity contribution is 9.10. The van der Waals surface area contributed by atoms with Crippen molar-refractivity contribution in [1.29, 1.82) is 0 Å². The molecule has 2 aromatic heterocycles. The van der Waals surface area contributed by atoms with E-state index in [0.29, 0.717) is 18.0 Å². The number of hydrogen-bond donors (Lipinski definition) is 1. The van der Waals surface area contributed by atoms with Crippen molar-refractivity contribution in [2.24, 2.45) is 0 Å². The Morgan fingerprint density at radius 3 is 3.06 bits per heavy atom. The standard InChI is InChI=1S/C10H10BrN3O2/c1-2-7(15)9-13-10(16-14-9)8-6(11)4-3-5-12-8/h3-5,7,15H,2H2,1H3. The third kappa shape index (κ3) is 2.12. The predicted octanol–water partition coefficient (Wildman–Crippen LogP) is 2.34. The molecular weight excluding hydrogens is 274 g/mol. The fourth-order valence-electron chi connectivity index (χ4n) is 1.19. The lowest BCUT2D eigenvalue weighted by molar-refractivity contribution is 0.159. The van der Waals surface area contributed by atoms with Gasteiger partial charge in [-0.2, -0.15) is 4.98 Å².